The maximum atomic E-state index is 12.1. The monoisotopic (exact) mass is 304 g/mol. The van der Waals surface area contributed by atoms with Crippen molar-refractivity contribution in [3.63, 3.8) is 0 Å². The highest BCUT2D eigenvalue weighted by Crippen LogP contribution is 2.15. The quantitative estimate of drug-likeness (QED) is 0.891. The smallest absolute Gasteiger partial charge is 0.271 e. The van der Waals surface area contributed by atoms with Gasteiger partial charge in [-0.3, -0.25) is 4.79 Å². The van der Waals surface area contributed by atoms with Crippen LogP contribution in [0.1, 0.15) is 34.4 Å². The third-order valence-electron chi connectivity index (χ3n) is 2.98. The van der Waals surface area contributed by atoms with E-state index in [0.717, 1.165) is 29.2 Å². The maximum Gasteiger partial charge on any atom is 0.271 e. The second kappa shape index (κ2) is 7.17. The fraction of sp³-hybridized carbons (Fsp3) is 0.400. The standard InChI is InChI=1S/C15H20N4OS/c1-4-6-13-18-12(10-21-13)15(20)17-9-11-7-5-8-16-14(11)19(2)3/h5,7-8,10H,4,6,9H2,1-3H3,(H,17,20). The normalized spacial score (nSPS) is 10.4. The summed E-state index contributed by atoms with van der Waals surface area (Å²) >= 11 is 1.54. The number of rotatable bonds is 6. The molecule has 0 radical (unpaired) electrons. The lowest BCUT2D eigenvalue weighted by Gasteiger charge is -2.15. The number of hydrogen-bond donors (Lipinski definition) is 1. The average molecular weight is 304 g/mol. The second-order valence-corrected chi connectivity index (χ2v) is 5.88. The molecule has 0 aliphatic heterocycles. The van der Waals surface area contributed by atoms with Crippen LogP contribution in [0, 0.1) is 0 Å². The Labute approximate surface area is 129 Å². The number of hydrogen-bond acceptors (Lipinski definition) is 5. The first-order valence-corrected chi connectivity index (χ1v) is 7.83. The lowest BCUT2D eigenvalue weighted by atomic mass is 10.2. The molecule has 0 saturated heterocycles. The zero-order valence-electron chi connectivity index (χ0n) is 12.6. The summed E-state index contributed by atoms with van der Waals surface area (Å²) < 4.78 is 0. The van der Waals surface area contributed by atoms with Crippen molar-refractivity contribution in [2.75, 3.05) is 19.0 Å². The summed E-state index contributed by atoms with van der Waals surface area (Å²) in [5, 5.41) is 5.73. The molecule has 0 aliphatic carbocycles. The van der Waals surface area contributed by atoms with E-state index in [2.05, 4.69) is 22.2 Å². The molecular weight excluding hydrogens is 284 g/mol. The molecule has 2 aromatic heterocycles. The minimum atomic E-state index is -0.137. The molecule has 0 bridgehead atoms. The number of carbonyl (C=O) groups excluding carboxylic acids is 1. The largest absolute Gasteiger partial charge is 0.362 e. The highest BCUT2D eigenvalue weighted by atomic mass is 32.1. The summed E-state index contributed by atoms with van der Waals surface area (Å²) in [4.78, 5) is 22.7. The summed E-state index contributed by atoms with van der Waals surface area (Å²) in [6.45, 7) is 2.55. The van der Waals surface area contributed by atoms with Gasteiger partial charge in [-0.2, -0.15) is 0 Å². The molecule has 0 aliphatic rings. The molecule has 2 rings (SSSR count). The highest BCUT2D eigenvalue weighted by molar-refractivity contribution is 7.09. The molecule has 0 atom stereocenters. The number of amides is 1. The van der Waals surface area contributed by atoms with Gasteiger partial charge in [0.15, 0.2) is 0 Å². The minimum Gasteiger partial charge on any atom is -0.362 e. The fourth-order valence-corrected chi connectivity index (χ4v) is 2.86. The average Bonchev–Trinajstić information content (AvgIpc) is 2.94. The van der Waals surface area contributed by atoms with Gasteiger partial charge in [-0.05, 0) is 18.9 Å². The van der Waals surface area contributed by atoms with Crippen LogP contribution >= 0.6 is 11.3 Å². The lowest BCUT2D eigenvalue weighted by molar-refractivity contribution is 0.0946. The van der Waals surface area contributed by atoms with Crippen LogP contribution in [0.4, 0.5) is 5.82 Å². The zero-order chi connectivity index (χ0) is 15.2. The van der Waals surface area contributed by atoms with Gasteiger partial charge >= 0.3 is 0 Å². The van der Waals surface area contributed by atoms with Crippen molar-refractivity contribution in [1.29, 1.82) is 0 Å². The number of nitrogens with one attached hydrogen (secondary N) is 1. The summed E-state index contributed by atoms with van der Waals surface area (Å²) in [5.41, 5.74) is 1.48. The van der Waals surface area contributed by atoms with Crippen molar-refractivity contribution in [3.8, 4) is 0 Å². The maximum absolute atomic E-state index is 12.1. The van der Waals surface area contributed by atoms with Gasteiger partial charge in [0, 0.05) is 37.8 Å². The van der Waals surface area contributed by atoms with Crippen molar-refractivity contribution < 1.29 is 4.79 Å². The predicted molar refractivity (Wildman–Crippen MR) is 85.8 cm³/mol. The number of aromatic nitrogens is 2. The van der Waals surface area contributed by atoms with Crippen LogP contribution < -0.4 is 10.2 Å². The minimum absolute atomic E-state index is 0.137. The molecular formula is C15H20N4OS. The summed E-state index contributed by atoms with van der Waals surface area (Å²) in [6.07, 6.45) is 3.71. The first-order chi connectivity index (χ1) is 10.1. The first kappa shape index (κ1) is 15.4. The predicted octanol–water partition coefficient (Wildman–Crippen LogP) is 2.49. The Balaban J connectivity index is 2.00. The Kier molecular flexibility index (Phi) is 5.27. The van der Waals surface area contributed by atoms with Crippen LogP contribution in [0.5, 0.6) is 0 Å². The van der Waals surface area contributed by atoms with Gasteiger partial charge in [0.1, 0.15) is 11.5 Å². The third-order valence-corrected chi connectivity index (χ3v) is 3.89. The van der Waals surface area contributed by atoms with E-state index in [9.17, 15) is 4.79 Å². The van der Waals surface area contributed by atoms with Crippen LogP contribution in [-0.2, 0) is 13.0 Å². The van der Waals surface area contributed by atoms with Crippen molar-refractivity contribution >= 4 is 23.1 Å². The molecule has 0 aromatic carbocycles. The molecule has 1 amide bonds. The van der Waals surface area contributed by atoms with Crippen LogP contribution in [0.15, 0.2) is 23.7 Å². The number of thiazole rings is 1. The highest BCUT2D eigenvalue weighted by Gasteiger charge is 2.12. The Morgan fingerprint density at radius 3 is 2.95 bits per heavy atom. The summed E-state index contributed by atoms with van der Waals surface area (Å²) in [6, 6.07) is 3.84. The Hall–Kier alpha value is -1.95. The number of aryl methyl sites for hydroxylation is 1. The molecule has 6 heteroatoms. The van der Waals surface area contributed by atoms with Gasteiger partial charge in [0.2, 0.25) is 0 Å². The van der Waals surface area contributed by atoms with Crippen molar-refractivity contribution in [1.82, 2.24) is 15.3 Å². The molecule has 2 aromatic rings. The van der Waals surface area contributed by atoms with E-state index >= 15 is 0 Å². The SMILES string of the molecule is CCCc1nc(C(=O)NCc2cccnc2N(C)C)cs1. The third kappa shape index (κ3) is 4.01. The van der Waals surface area contributed by atoms with E-state index < -0.39 is 0 Å². The van der Waals surface area contributed by atoms with Gasteiger partial charge in [0.25, 0.3) is 5.91 Å². The van der Waals surface area contributed by atoms with Crippen LogP contribution in [0.3, 0.4) is 0 Å². The number of anilines is 1. The Morgan fingerprint density at radius 1 is 1.43 bits per heavy atom. The van der Waals surface area contributed by atoms with Gasteiger partial charge in [-0.25, -0.2) is 9.97 Å². The lowest BCUT2D eigenvalue weighted by Crippen LogP contribution is -2.25. The van der Waals surface area contributed by atoms with Gasteiger partial charge in [-0.1, -0.05) is 13.0 Å². The second-order valence-electron chi connectivity index (χ2n) is 4.94. The first-order valence-electron chi connectivity index (χ1n) is 6.95. The van der Waals surface area contributed by atoms with Crippen LogP contribution in [-0.4, -0.2) is 30.0 Å². The summed E-state index contributed by atoms with van der Waals surface area (Å²) in [5.74, 6) is 0.727. The molecule has 0 spiro atoms. The Morgan fingerprint density at radius 2 is 2.24 bits per heavy atom. The van der Waals surface area contributed by atoms with E-state index in [1.165, 1.54) is 11.3 Å². The molecule has 0 saturated carbocycles. The topological polar surface area (TPSA) is 58.1 Å². The molecule has 5 nitrogen and oxygen atoms in total. The van der Waals surface area contributed by atoms with E-state index in [-0.39, 0.29) is 5.91 Å². The van der Waals surface area contributed by atoms with Crippen molar-refractivity contribution in [2.24, 2.45) is 0 Å². The molecule has 1 N–H and O–H groups in total. The van der Waals surface area contributed by atoms with E-state index in [0.29, 0.717) is 12.2 Å². The number of carbonyl (C=O) groups is 1. The molecule has 2 heterocycles. The van der Waals surface area contributed by atoms with Crippen LogP contribution in [0.25, 0.3) is 0 Å². The number of pyridine rings is 1. The molecule has 21 heavy (non-hydrogen) atoms. The summed E-state index contributed by atoms with van der Waals surface area (Å²) in [7, 11) is 3.87. The van der Waals surface area contributed by atoms with Gasteiger partial charge in [0.05, 0.1) is 5.01 Å². The molecule has 0 unspecified atom stereocenters. The van der Waals surface area contributed by atoms with Gasteiger partial charge < -0.3 is 10.2 Å². The molecule has 0 fully saturated rings. The van der Waals surface area contributed by atoms with E-state index in [4.69, 9.17) is 0 Å². The fourth-order valence-electron chi connectivity index (χ4n) is 1.98. The van der Waals surface area contributed by atoms with E-state index in [1.54, 1.807) is 6.20 Å². The molecule has 112 valence electrons. The van der Waals surface area contributed by atoms with Gasteiger partial charge in [-0.15, -0.1) is 11.3 Å². The zero-order valence-corrected chi connectivity index (χ0v) is 13.4. The van der Waals surface area contributed by atoms with Crippen molar-refractivity contribution in [3.05, 3.63) is 40.0 Å². The Bertz CT molecular complexity index is 609. The van der Waals surface area contributed by atoms with E-state index in [1.807, 2.05) is 36.5 Å². The number of nitrogens with zero attached hydrogens (tertiary/aromatic N) is 3. The van der Waals surface area contributed by atoms with Crippen LogP contribution in [0.2, 0.25) is 0 Å². The van der Waals surface area contributed by atoms with Crippen molar-refractivity contribution in [2.45, 2.75) is 26.3 Å².